The SMILES string of the molecule is CC(C)[C@H](NC(=O)[C@H](Cc1ccc(O)cc1)NC(=O)[C@H](CC(N)=O)NC(=O)CN)C(=O)N[C@H](C(=O)N[C@H](C(=O)N[C@@H](CC(=O)O)C(=O)O)[C@@H](C)O)C(C)C. The Morgan fingerprint density at radius 3 is 1.48 bits per heavy atom. The highest BCUT2D eigenvalue weighted by Gasteiger charge is 2.36. The number of aliphatic hydroxyl groups is 1. The van der Waals surface area contributed by atoms with Crippen LogP contribution < -0.4 is 43.4 Å². The van der Waals surface area contributed by atoms with Crippen LogP contribution in [0, 0.1) is 11.8 Å². The number of aliphatic carboxylic acids is 2. The summed E-state index contributed by atoms with van der Waals surface area (Å²) in [6.07, 6.45) is -3.44. The molecule has 0 aromatic heterocycles. The second-order valence-corrected chi connectivity index (χ2v) is 13.1. The van der Waals surface area contributed by atoms with Crippen molar-refractivity contribution in [2.45, 2.75) is 96.2 Å². The molecule has 0 bridgehead atoms. The first-order valence-corrected chi connectivity index (χ1v) is 16.8. The van der Waals surface area contributed by atoms with Crippen molar-refractivity contribution in [1.29, 1.82) is 0 Å². The summed E-state index contributed by atoms with van der Waals surface area (Å²) in [5.74, 6) is -11.3. The Kier molecular flexibility index (Phi) is 18.5. The number of hydrogen-bond acceptors (Lipinski definition) is 12. The van der Waals surface area contributed by atoms with Gasteiger partial charge in [-0.05, 0) is 36.5 Å². The van der Waals surface area contributed by atoms with Gasteiger partial charge in [-0.15, -0.1) is 0 Å². The first-order chi connectivity index (χ1) is 25.1. The molecular weight excluding hydrogens is 716 g/mol. The normalized spacial score (nSPS) is 14.9. The minimum atomic E-state index is -1.88. The third-order valence-electron chi connectivity index (χ3n) is 7.80. The summed E-state index contributed by atoms with van der Waals surface area (Å²) in [5, 5.41) is 52.1. The average Bonchev–Trinajstić information content (AvgIpc) is 3.06. The van der Waals surface area contributed by atoms with Crippen molar-refractivity contribution >= 4 is 53.3 Å². The molecule has 1 aromatic rings. The molecule has 300 valence electrons. The summed E-state index contributed by atoms with van der Waals surface area (Å²) in [6, 6.07) is -3.77. The molecule has 0 saturated heterocycles. The van der Waals surface area contributed by atoms with Crippen LogP contribution in [-0.4, -0.2) is 123 Å². The maximum atomic E-state index is 13.8. The Morgan fingerprint density at radius 2 is 1.06 bits per heavy atom. The van der Waals surface area contributed by atoms with Crippen LogP contribution >= 0.6 is 0 Å². The number of amides is 7. The lowest BCUT2D eigenvalue weighted by molar-refractivity contribution is -0.148. The standard InChI is InChI=1S/C33H50N8O13/c1-14(2)25(30(50)40-26(15(3)4)31(51)41-27(16(5)42)32(52)38-21(33(53)54)12-24(46)47)39-29(49)19(10-17-6-8-18(43)9-7-17)37-28(48)20(11-22(35)44)36-23(45)13-34/h6-9,14-16,19-21,25-27,42-43H,10-13,34H2,1-5H3,(H2,35,44)(H,36,45)(H,37,48)(H,38,52)(H,39,49)(H,40,50)(H,41,51)(H,46,47)(H,53,54)/t16-,19+,20+,21+,25+,26+,27+/m1/s1. The summed E-state index contributed by atoms with van der Waals surface area (Å²) in [6.45, 7) is 6.79. The highest BCUT2D eigenvalue weighted by Crippen LogP contribution is 2.13. The van der Waals surface area contributed by atoms with Crippen molar-refractivity contribution < 1.29 is 63.6 Å². The Labute approximate surface area is 310 Å². The van der Waals surface area contributed by atoms with Crippen molar-refractivity contribution in [3.05, 3.63) is 29.8 Å². The number of nitrogens with two attached hydrogens (primary N) is 2. The van der Waals surface area contributed by atoms with Gasteiger partial charge in [0, 0.05) is 6.42 Å². The van der Waals surface area contributed by atoms with Gasteiger partial charge in [0.05, 0.1) is 25.5 Å². The van der Waals surface area contributed by atoms with E-state index in [1.54, 1.807) is 13.8 Å². The first kappa shape index (κ1) is 46.2. The lowest BCUT2D eigenvalue weighted by Crippen LogP contribution is -2.62. The van der Waals surface area contributed by atoms with Gasteiger partial charge in [0.15, 0.2) is 0 Å². The highest BCUT2D eigenvalue weighted by atomic mass is 16.4. The maximum absolute atomic E-state index is 13.8. The van der Waals surface area contributed by atoms with Crippen molar-refractivity contribution in [3.8, 4) is 5.75 Å². The number of aromatic hydroxyl groups is 1. The predicted octanol–water partition coefficient (Wildman–Crippen LogP) is -4.07. The molecule has 0 unspecified atom stereocenters. The van der Waals surface area contributed by atoms with Gasteiger partial charge < -0.3 is 63.8 Å². The van der Waals surface area contributed by atoms with Gasteiger partial charge >= 0.3 is 11.9 Å². The minimum absolute atomic E-state index is 0.0851. The molecule has 0 radical (unpaired) electrons. The molecule has 14 N–H and O–H groups in total. The Morgan fingerprint density at radius 1 is 0.611 bits per heavy atom. The van der Waals surface area contributed by atoms with Crippen LogP contribution in [0.1, 0.15) is 53.0 Å². The molecule has 0 aliphatic heterocycles. The van der Waals surface area contributed by atoms with E-state index in [2.05, 4.69) is 26.6 Å². The van der Waals surface area contributed by atoms with E-state index in [-0.39, 0.29) is 12.2 Å². The number of phenolic OH excluding ortho intramolecular Hbond substituents is 1. The van der Waals surface area contributed by atoms with Gasteiger partial charge in [-0.3, -0.25) is 38.4 Å². The zero-order valence-corrected chi connectivity index (χ0v) is 30.5. The minimum Gasteiger partial charge on any atom is -0.508 e. The van der Waals surface area contributed by atoms with Crippen molar-refractivity contribution in [2.75, 3.05) is 6.54 Å². The second kappa shape index (κ2) is 21.6. The fourth-order valence-corrected chi connectivity index (χ4v) is 4.86. The number of carboxylic acid groups (broad SMARTS) is 2. The van der Waals surface area contributed by atoms with E-state index < -0.39 is 127 Å². The van der Waals surface area contributed by atoms with E-state index in [4.69, 9.17) is 16.6 Å². The number of carboxylic acids is 2. The van der Waals surface area contributed by atoms with Gasteiger partial charge in [0.25, 0.3) is 0 Å². The van der Waals surface area contributed by atoms with Crippen LogP contribution in [0.2, 0.25) is 0 Å². The lowest BCUT2D eigenvalue weighted by Gasteiger charge is -2.30. The quantitative estimate of drug-likeness (QED) is 0.0534. The van der Waals surface area contributed by atoms with Crippen LogP contribution in [0.5, 0.6) is 5.75 Å². The summed E-state index contributed by atoms with van der Waals surface area (Å²) >= 11 is 0. The second-order valence-electron chi connectivity index (χ2n) is 13.1. The van der Waals surface area contributed by atoms with E-state index in [1.165, 1.54) is 38.1 Å². The van der Waals surface area contributed by atoms with Crippen LogP contribution in [0.15, 0.2) is 24.3 Å². The summed E-state index contributed by atoms with van der Waals surface area (Å²) in [5.41, 5.74) is 11.0. The van der Waals surface area contributed by atoms with Gasteiger partial charge in [-0.1, -0.05) is 39.8 Å². The zero-order valence-electron chi connectivity index (χ0n) is 30.5. The Balaban J connectivity index is 3.33. The molecule has 0 aliphatic rings. The molecule has 21 nitrogen and oxygen atoms in total. The number of phenols is 1. The van der Waals surface area contributed by atoms with Crippen LogP contribution in [-0.2, 0) is 49.6 Å². The maximum Gasteiger partial charge on any atom is 0.326 e. The number of aliphatic hydroxyl groups excluding tert-OH is 1. The molecule has 0 heterocycles. The van der Waals surface area contributed by atoms with Crippen molar-refractivity contribution in [2.24, 2.45) is 23.3 Å². The van der Waals surface area contributed by atoms with E-state index in [1.807, 2.05) is 5.32 Å². The van der Waals surface area contributed by atoms with Gasteiger partial charge in [0.1, 0.15) is 42.0 Å². The monoisotopic (exact) mass is 766 g/mol. The number of primary amides is 1. The number of rotatable bonds is 22. The number of hydrogen-bond donors (Lipinski definition) is 12. The largest absolute Gasteiger partial charge is 0.508 e. The molecule has 54 heavy (non-hydrogen) atoms. The van der Waals surface area contributed by atoms with Gasteiger partial charge in [-0.25, -0.2) is 4.79 Å². The molecule has 1 aromatic carbocycles. The smallest absolute Gasteiger partial charge is 0.326 e. The Bertz CT molecular complexity index is 1530. The molecule has 0 aliphatic carbocycles. The van der Waals surface area contributed by atoms with Gasteiger partial charge in [-0.2, -0.15) is 0 Å². The van der Waals surface area contributed by atoms with Gasteiger partial charge in [0.2, 0.25) is 41.4 Å². The fraction of sp³-hybridized carbons (Fsp3) is 0.545. The fourth-order valence-electron chi connectivity index (χ4n) is 4.86. The summed E-state index contributed by atoms with van der Waals surface area (Å²) in [7, 11) is 0. The third-order valence-corrected chi connectivity index (χ3v) is 7.80. The molecule has 7 atom stereocenters. The van der Waals surface area contributed by atoms with Crippen molar-refractivity contribution in [3.63, 3.8) is 0 Å². The topological polar surface area (TPSA) is 359 Å². The highest BCUT2D eigenvalue weighted by molar-refractivity contribution is 5.98. The number of carbonyl (C=O) groups is 9. The summed E-state index contributed by atoms with van der Waals surface area (Å²) < 4.78 is 0. The average molecular weight is 767 g/mol. The molecule has 21 heteroatoms. The molecule has 7 amide bonds. The molecule has 1 rings (SSSR count). The lowest BCUT2D eigenvalue weighted by atomic mass is 9.98. The van der Waals surface area contributed by atoms with E-state index in [9.17, 15) is 58.5 Å². The Hall–Kier alpha value is -5.83. The zero-order chi connectivity index (χ0) is 41.4. The summed E-state index contributed by atoms with van der Waals surface area (Å²) in [4.78, 5) is 113. The van der Waals surface area contributed by atoms with E-state index in [0.29, 0.717) is 5.56 Å². The number of carbonyl (C=O) groups excluding carboxylic acids is 7. The molecule has 0 saturated carbocycles. The predicted molar refractivity (Wildman–Crippen MR) is 188 cm³/mol. The van der Waals surface area contributed by atoms with Crippen molar-refractivity contribution in [1.82, 2.24) is 31.9 Å². The number of benzene rings is 1. The van der Waals surface area contributed by atoms with E-state index >= 15 is 0 Å². The number of nitrogens with one attached hydrogen (secondary N) is 6. The molecule has 0 fully saturated rings. The van der Waals surface area contributed by atoms with Crippen LogP contribution in [0.25, 0.3) is 0 Å². The van der Waals surface area contributed by atoms with E-state index in [0.717, 1.165) is 6.92 Å². The third kappa shape index (κ3) is 15.4. The molecule has 0 spiro atoms. The van der Waals surface area contributed by atoms with Crippen LogP contribution in [0.4, 0.5) is 0 Å². The van der Waals surface area contributed by atoms with Crippen LogP contribution in [0.3, 0.4) is 0 Å². The first-order valence-electron chi connectivity index (χ1n) is 16.8. The molecular formula is C33H50N8O13.